The van der Waals surface area contributed by atoms with Gasteiger partial charge in [-0.25, -0.2) is 0 Å². The van der Waals surface area contributed by atoms with Gasteiger partial charge < -0.3 is 72.2 Å². The minimum atomic E-state index is -1.32. The lowest BCUT2D eigenvalue weighted by Crippen LogP contribution is -2.29. The molecule has 15 nitrogen and oxygen atoms in total. The number of aromatic hydroxyl groups is 3. The van der Waals surface area contributed by atoms with Crippen molar-refractivity contribution in [3.8, 4) is 17.2 Å². The van der Waals surface area contributed by atoms with Crippen molar-refractivity contribution in [1.29, 1.82) is 0 Å². The van der Waals surface area contributed by atoms with E-state index in [1.807, 2.05) is 126 Å². The van der Waals surface area contributed by atoms with Gasteiger partial charge in [0.2, 0.25) is 0 Å². The SMILES string of the molecule is CCOC(OCC)c1cc(C(C)(c2cc(C(OCC)OCC)c(O)c(C(OCC)OCC)c2)c2cc(C(OCC)OCC)c(O)c(C(OCC)OCC)c2)cc(C(OCC)OCC)c1O. The van der Waals surface area contributed by atoms with Gasteiger partial charge in [-0.15, -0.1) is 0 Å². The molecule has 0 atom stereocenters. The summed E-state index contributed by atoms with van der Waals surface area (Å²) in [5, 5.41) is 36.8. The number of ether oxygens (including phenoxy) is 12. The van der Waals surface area contributed by atoms with E-state index in [0.717, 1.165) is 0 Å². The lowest BCUT2D eigenvalue weighted by Gasteiger charge is -2.37. The van der Waals surface area contributed by atoms with Crippen LogP contribution in [0.2, 0.25) is 0 Å². The molecule has 0 spiro atoms. The van der Waals surface area contributed by atoms with E-state index in [4.69, 9.17) is 56.8 Å². The van der Waals surface area contributed by atoms with Crippen LogP contribution in [0.1, 0.15) is 178 Å². The van der Waals surface area contributed by atoms with Gasteiger partial charge in [0, 0.05) is 84.7 Å². The highest BCUT2D eigenvalue weighted by Gasteiger charge is 2.40. The Morgan fingerprint density at radius 2 is 0.415 bits per heavy atom. The van der Waals surface area contributed by atoms with E-state index in [-0.39, 0.29) is 96.5 Å². The Morgan fingerprint density at radius 3 is 0.523 bits per heavy atom. The van der Waals surface area contributed by atoms with Gasteiger partial charge in [0.15, 0.2) is 37.7 Å². The van der Waals surface area contributed by atoms with Crippen LogP contribution in [0.3, 0.4) is 0 Å². The Kier molecular flexibility index (Phi) is 24.7. The number of hydrogen-bond acceptors (Lipinski definition) is 15. The second-order valence-corrected chi connectivity index (χ2v) is 14.6. The number of phenols is 3. The summed E-state index contributed by atoms with van der Waals surface area (Å²) >= 11 is 0. The van der Waals surface area contributed by atoms with Crippen molar-refractivity contribution in [2.75, 3.05) is 79.3 Å². The van der Waals surface area contributed by atoms with E-state index in [1.165, 1.54) is 0 Å². The molecule has 0 unspecified atom stereocenters. The summed E-state index contributed by atoms with van der Waals surface area (Å²) in [6.45, 7) is 27.5. The largest absolute Gasteiger partial charge is 0.507 e. The molecule has 0 saturated carbocycles. The molecule has 15 heteroatoms. The minimum absolute atomic E-state index is 0.130. The smallest absolute Gasteiger partial charge is 0.187 e. The quantitative estimate of drug-likeness (QED) is 0.0389. The summed E-state index contributed by atoms with van der Waals surface area (Å²) in [5.74, 6) is -0.389. The molecule has 65 heavy (non-hydrogen) atoms. The lowest BCUT2D eigenvalue weighted by molar-refractivity contribution is -0.146. The third-order valence-electron chi connectivity index (χ3n) is 10.6. The van der Waals surface area contributed by atoms with E-state index in [9.17, 15) is 15.3 Å². The standard InChI is InChI=1S/C50H78O15/c1-14-54-44(55-15-2)35-26-32(27-36(41(35)51)45(56-16-3)57-17-4)50(13,33-28-37(46(58-18-5)59-19-6)42(52)38(29-33)47(60-20-7)61-21-8)34-30-39(48(62-22-9)63-23-10)43(53)40(31-34)49(64-24-11)65-25-12/h26-31,44-49,51-53H,14-25H2,1-13H3. The maximum atomic E-state index is 12.3. The van der Waals surface area contributed by atoms with Crippen LogP contribution in [-0.4, -0.2) is 94.6 Å². The molecule has 0 aliphatic carbocycles. The highest BCUT2D eigenvalue weighted by molar-refractivity contribution is 5.61. The zero-order valence-electron chi connectivity index (χ0n) is 41.2. The van der Waals surface area contributed by atoms with Crippen LogP contribution >= 0.6 is 0 Å². The molecule has 0 aliphatic rings. The third kappa shape index (κ3) is 13.8. The average molecular weight is 919 g/mol. The van der Waals surface area contributed by atoms with E-state index >= 15 is 0 Å². The summed E-state index contributed by atoms with van der Waals surface area (Å²) in [6.07, 6.45) is -6.03. The first kappa shape index (κ1) is 55.9. The van der Waals surface area contributed by atoms with Crippen LogP contribution in [0, 0.1) is 0 Å². The first-order chi connectivity index (χ1) is 31.4. The van der Waals surface area contributed by atoms with Crippen molar-refractivity contribution >= 4 is 0 Å². The molecular weight excluding hydrogens is 841 g/mol. The van der Waals surface area contributed by atoms with Crippen molar-refractivity contribution in [3.63, 3.8) is 0 Å². The Labute approximate surface area is 387 Å². The molecular formula is C50H78O15. The van der Waals surface area contributed by atoms with Crippen molar-refractivity contribution in [2.45, 2.75) is 133 Å². The summed E-state index contributed by atoms with van der Waals surface area (Å²) in [4.78, 5) is 0. The van der Waals surface area contributed by atoms with Gasteiger partial charge in [0.05, 0.1) is 33.4 Å². The number of benzene rings is 3. The number of rotatable bonds is 33. The van der Waals surface area contributed by atoms with Crippen molar-refractivity contribution in [3.05, 3.63) is 86.5 Å². The maximum absolute atomic E-state index is 12.3. The number of hydrogen-bond donors (Lipinski definition) is 3. The van der Waals surface area contributed by atoms with E-state index in [0.29, 0.717) is 50.1 Å². The molecule has 0 amide bonds. The summed E-state index contributed by atoms with van der Waals surface area (Å²) in [5.41, 5.74) is 2.40. The third-order valence-corrected chi connectivity index (χ3v) is 10.6. The van der Waals surface area contributed by atoms with Gasteiger partial charge in [-0.2, -0.15) is 0 Å². The van der Waals surface area contributed by atoms with E-state index in [2.05, 4.69) is 0 Å². The molecule has 0 heterocycles. The Morgan fingerprint density at radius 1 is 0.292 bits per heavy atom. The van der Waals surface area contributed by atoms with Gasteiger partial charge in [0.1, 0.15) is 17.2 Å². The predicted octanol–water partition coefficient (Wildman–Crippen LogP) is 10.6. The van der Waals surface area contributed by atoms with Crippen LogP contribution in [0.4, 0.5) is 0 Å². The second kappa shape index (κ2) is 28.7. The van der Waals surface area contributed by atoms with Crippen molar-refractivity contribution < 1.29 is 72.2 Å². The highest BCUT2D eigenvalue weighted by Crippen LogP contribution is 2.50. The first-order valence-electron chi connectivity index (χ1n) is 23.4. The van der Waals surface area contributed by atoms with Gasteiger partial charge in [0.25, 0.3) is 0 Å². The lowest BCUT2D eigenvalue weighted by atomic mass is 9.68. The molecule has 3 aromatic carbocycles. The number of phenolic OH excluding ortho intramolecular Hbond substituents is 3. The minimum Gasteiger partial charge on any atom is -0.507 e. The zero-order valence-corrected chi connectivity index (χ0v) is 41.2. The fourth-order valence-corrected chi connectivity index (χ4v) is 7.67. The second-order valence-electron chi connectivity index (χ2n) is 14.6. The van der Waals surface area contributed by atoms with Crippen LogP contribution < -0.4 is 0 Å². The molecule has 0 saturated heterocycles. The van der Waals surface area contributed by atoms with Crippen LogP contribution in [0.15, 0.2) is 36.4 Å². The van der Waals surface area contributed by atoms with Crippen molar-refractivity contribution in [1.82, 2.24) is 0 Å². The molecule has 0 bridgehead atoms. The summed E-state index contributed by atoms with van der Waals surface area (Å²) in [7, 11) is 0. The molecule has 0 radical (unpaired) electrons. The van der Waals surface area contributed by atoms with E-state index in [1.54, 1.807) is 0 Å². The van der Waals surface area contributed by atoms with Gasteiger partial charge in [-0.3, -0.25) is 0 Å². The van der Waals surface area contributed by atoms with Gasteiger partial charge in [-0.05, 0) is 143 Å². The average Bonchev–Trinajstić information content (AvgIpc) is 3.28. The van der Waals surface area contributed by atoms with E-state index < -0.39 is 43.2 Å². The van der Waals surface area contributed by atoms with Gasteiger partial charge >= 0.3 is 0 Å². The molecule has 0 aliphatic heterocycles. The van der Waals surface area contributed by atoms with Gasteiger partial charge in [-0.1, -0.05) is 0 Å². The molecule has 3 aromatic rings. The Hall–Kier alpha value is -3.42. The Balaban J connectivity index is 2.88. The first-order valence-corrected chi connectivity index (χ1v) is 23.4. The topological polar surface area (TPSA) is 171 Å². The molecule has 0 fully saturated rings. The zero-order chi connectivity index (χ0) is 48.1. The van der Waals surface area contributed by atoms with Crippen LogP contribution in [-0.2, 0) is 62.3 Å². The summed E-state index contributed by atoms with van der Waals surface area (Å²) in [6, 6.07) is 11.0. The monoisotopic (exact) mass is 919 g/mol. The maximum Gasteiger partial charge on any atom is 0.187 e. The van der Waals surface area contributed by atoms with Crippen molar-refractivity contribution in [2.24, 2.45) is 0 Å². The van der Waals surface area contributed by atoms with Crippen LogP contribution in [0.25, 0.3) is 0 Å². The molecule has 3 rings (SSSR count). The molecule has 3 N–H and O–H groups in total. The Bertz CT molecular complexity index is 1480. The molecule has 368 valence electrons. The normalized spacial score (nSPS) is 12.4. The highest BCUT2D eigenvalue weighted by atomic mass is 16.7. The summed E-state index contributed by atoms with van der Waals surface area (Å²) < 4.78 is 74.0. The fraction of sp³-hybridized carbons (Fsp3) is 0.640. The predicted molar refractivity (Wildman–Crippen MR) is 246 cm³/mol. The van der Waals surface area contributed by atoms with Crippen LogP contribution in [0.5, 0.6) is 17.2 Å². The molecule has 0 aromatic heterocycles. The fourth-order valence-electron chi connectivity index (χ4n) is 7.67.